The summed E-state index contributed by atoms with van der Waals surface area (Å²) in [6.45, 7) is 5.18. The molecule has 1 saturated heterocycles. The molecule has 1 unspecified atom stereocenters. The fourth-order valence-electron chi connectivity index (χ4n) is 1.73. The molecule has 64 valence electrons. The first-order valence-corrected chi connectivity index (χ1v) is 5.05. The van der Waals surface area contributed by atoms with Crippen molar-refractivity contribution in [2.45, 2.75) is 19.1 Å². The molecule has 1 fully saturated rings. The maximum Gasteiger partial charge on any atom is 0.236 e. The van der Waals surface area contributed by atoms with Gasteiger partial charge in [-0.25, -0.2) is 0 Å². The van der Waals surface area contributed by atoms with Gasteiger partial charge >= 0.3 is 0 Å². The highest BCUT2D eigenvalue weighted by Gasteiger charge is 2.43. The highest BCUT2D eigenvalue weighted by molar-refractivity contribution is 8.00. The van der Waals surface area contributed by atoms with E-state index in [-0.39, 0.29) is 16.6 Å². The first kappa shape index (κ1) is 8.91. The highest BCUT2D eigenvalue weighted by atomic mass is 32.2. The molecule has 0 aromatic carbocycles. The van der Waals surface area contributed by atoms with Crippen LogP contribution in [0.1, 0.15) is 13.8 Å². The topological polar surface area (TPSA) is 20.3 Å². The van der Waals surface area contributed by atoms with E-state index in [1.807, 2.05) is 18.2 Å². The van der Waals surface area contributed by atoms with E-state index in [4.69, 9.17) is 0 Å². The maximum atomic E-state index is 11.5. The summed E-state index contributed by atoms with van der Waals surface area (Å²) in [5, 5.41) is 0.160. The average molecular weight is 173 g/mol. The normalized spacial score (nSPS) is 29.6. The first-order valence-electron chi connectivity index (χ1n) is 3.77. The number of hydrogen-bond donors (Lipinski definition) is 0. The predicted octanol–water partition coefficient (Wildman–Crippen LogP) is 1.22. The van der Waals surface area contributed by atoms with E-state index in [1.165, 1.54) is 0 Å². The minimum Gasteiger partial charge on any atom is -0.344 e. The van der Waals surface area contributed by atoms with Gasteiger partial charge in [-0.1, -0.05) is 13.8 Å². The number of hydrogen-bond acceptors (Lipinski definition) is 2. The number of carbonyl (C=O) groups is 1. The van der Waals surface area contributed by atoms with Crippen molar-refractivity contribution in [1.29, 1.82) is 0 Å². The lowest BCUT2D eigenvalue weighted by atomic mass is 9.92. The van der Waals surface area contributed by atoms with Gasteiger partial charge < -0.3 is 4.90 Å². The van der Waals surface area contributed by atoms with Gasteiger partial charge in [-0.15, -0.1) is 0 Å². The zero-order valence-corrected chi connectivity index (χ0v) is 8.36. The zero-order chi connectivity index (χ0) is 8.65. The molecular formula is C8H15NOS. The van der Waals surface area contributed by atoms with Gasteiger partial charge in [0, 0.05) is 19.0 Å². The summed E-state index contributed by atoms with van der Waals surface area (Å²) in [7, 11) is 1.88. The summed E-state index contributed by atoms with van der Waals surface area (Å²) < 4.78 is 0. The van der Waals surface area contributed by atoms with E-state index < -0.39 is 0 Å². The quantitative estimate of drug-likeness (QED) is 0.594. The molecule has 1 amide bonds. The Morgan fingerprint density at radius 1 is 1.64 bits per heavy atom. The highest BCUT2D eigenvalue weighted by Crippen LogP contribution is 2.36. The van der Waals surface area contributed by atoms with Crippen molar-refractivity contribution in [2.75, 3.05) is 19.8 Å². The molecule has 0 aliphatic carbocycles. The molecule has 1 atom stereocenters. The van der Waals surface area contributed by atoms with Crippen LogP contribution in [0.4, 0.5) is 0 Å². The van der Waals surface area contributed by atoms with Gasteiger partial charge in [0.15, 0.2) is 0 Å². The molecule has 0 aromatic heterocycles. The fourth-order valence-corrected chi connectivity index (χ4v) is 2.82. The maximum absolute atomic E-state index is 11.5. The van der Waals surface area contributed by atoms with Crippen LogP contribution in [0, 0.1) is 5.41 Å². The van der Waals surface area contributed by atoms with Crippen LogP contribution in [0.25, 0.3) is 0 Å². The molecule has 3 heteroatoms. The van der Waals surface area contributed by atoms with Gasteiger partial charge in [0.1, 0.15) is 0 Å². The standard InChI is InChI=1S/C8H15NOS/c1-8(2)5-9(3)7(10)6(8)11-4/h6H,5H2,1-4H3. The Labute approximate surface area is 72.3 Å². The number of carbonyl (C=O) groups excluding carboxylic acids is 1. The lowest BCUT2D eigenvalue weighted by Gasteiger charge is -2.21. The lowest BCUT2D eigenvalue weighted by molar-refractivity contribution is -0.126. The van der Waals surface area contributed by atoms with Crippen LogP contribution >= 0.6 is 11.8 Å². The molecule has 0 saturated carbocycles. The summed E-state index contributed by atoms with van der Waals surface area (Å²) in [6.07, 6.45) is 2.00. The molecule has 0 N–H and O–H groups in total. The Bertz CT molecular complexity index is 179. The Kier molecular flexibility index (Phi) is 2.19. The van der Waals surface area contributed by atoms with Crippen LogP contribution in [0.5, 0.6) is 0 Å². The van der Waals surface area contributed by atoms with Gasteiger partial charge in [-0.2, -0.15) is 11.8 Å². The van der Waals surface area contributed by atoms with Gasteiger partial charge in [-0.3, -0.25) is 4.79 Å². The van der Waals surface area contributed by atoms with Crippen molar-refractivity contribution in [3.63, 3.8) is 0 Å². The van der Waals surface area contributed by atoms with Crippen LogP contribution < -0.4 is 0 Å². The Morgan fingerprint density at radius 2 is 2.18 bits per heavy atom. The third-order valence-corrected chi connectivity index (χ3v) is 3.50. The number of amides is 1. The van der Waals surface area contributed by atoms with E-state index in [2.05, 4.69) is 13.8 Å². The Balaban J connectivity index is 2.82. The van der Waals surface area contributed by atoms with Crippen molar-refractivity contribution in [2.24, 2.45) is 5.41 Å². The molecule has 11 heavy (non-hydrogen) atoms. The molecule has 1 heterocycles. The molecule has 1 rings (SSSR count). The van der Waals surface area contributed by atoms with Crippen LogP contribution in [-0.4, -0.2) is 35.9 Å². The van der Waals surface area contributed by atoms with Crippen LogP contribution in [-0.2, 0) is 4.79 Å². The number of rotatable bonds is 1. The van der Waals surface area contributed by atoms with Crippen molar-refractivity contribution >= 4 is 17.7 Å². The minimum absolute atomic E-state index is 0.144. The van der Waals surface area contributed by atoms with E-state index in [0.29, 0.717) is 0 Å². The van der Waals surface area contributed by atoms with Gasteiger partial charge in [-0.05, 0) is 6.26 Å². The molecule has 1 aliphatic rings. The van der Waals surface area contributed by atoms with Crippen LogP contribution in [0.2, 0.25) is 0 Å². The van der Waals surface area contributed by atoms with Crippen molar-refractivity contribution in [1.82, 2.24) is 4.90 Å². The second-order valence-electron chi connectivity index (χ2n) is 3.80. The Hall–Kier alpha value is -0.180. The molecule has 2 nitrogen and oxygen atoms in total. The number of thioether (sulfide) groups is 1. The summed E-state index contributed by atoms with van der Waals surface area (Å²) in [5.74, 6) is 0.280. The molecule has 1 aliphatic heterocycles. The Morgan fingerprint density at radius 3 is 2.36 bits per heavy atom. The molecule has 0 radical (unpaired) electrons. The minimum atomic E-state index is 0.144. The van der Waals surface area contributed by atoms with Gasteiger partial charge in [0.05, 0.1) is 5.25 Å². The zero-order valence-electron chi connectivity index (χ0n) is 7.55. The number of likely N-dealkylation sites (tertiary alicyclic amines) is 1. The number of nitrogens with zero attached hydrogens (tertiary/aromatic N) is 1. The predicted molar refractivity (Wildman–Crippen MR) is 48.7 cm³/mol. The second-order valence-corrected chi connectivity index (χ2v) is 4.74. The van der Waals surface area contributed by atoms with Gasteiger partial charge in [0.2, 0.25) is 5.91 Å². The fraction of sp³-hybridized carbons (Fsp3) is 0.875. The van der Waals surface area contributed by atoms with Crippen LogP contribution in [0.3, 0.4) is 0 Å². The SMILES string of the molecule is CSC1C(=O)N(C)CC1(C)C. The van der Waals surface area contributed by atoms with E-state index in [0.717, 1.165) is 6.54 Å². The second kappa shape index (κ2) is 2.70. The van der Waals surface area contributed by atoms with Crippen molar-refractivity contribution in [3.05, 3.63) is 0 Å². The summed E-state index contributed by atoms with van der Waals surface area (Å²) >= 11 is 1.66. The van der Waals surface area contributed by atoms with Crippen LogP contribution in [0.15, 0.2) is 0 Å². The molecule has 0 spiro atoms. The average Bonchev–Trinajstić information content (AvgIpc) is 2.03. The molecular weight excluding hydrogens is 158 g/mol. The van der Waals surface area contributed by atoms with E-state index in [1.54, 1.807) is 11.8 Å². The smallest absolute Gasteiger partial charge is 0.236 e. The third kappa shape index (κ3) is 1.39. The largest absolute Gasteiger partial charge is 0.344 e. The third-order valence-electron chi connectivity index (χ3n) is 2.19. The lowest BCUT2D eigenvalue weighted by Crippen LogP contribution is -2.26. The summed E-state index contributed by atoms with van der Waals surface area (Å²) in [4.78, 5) is 13.3. The van der Waals surface area contributed by atoms with Crippen molar-refractivity contribution < 1.29 is 4.79 Å². The van der Waals surface area contributed by atoms with E-state index >= 15 is 0 Å². The summed E-state index contributed by atoms with van der Waals surface area (Å²) in [5.41, 5.74) is 0.144. The van der Waals surface area contributed by atoms with E-state index in [9.17, 15) is 4.79 Å². The van der Waals surface area contributed by atoms with Gasteiger partial charge in [0.25, 0.3) is 0 Å². The summed E-state index contributed by atoms with van der Waals surface area (Å²) in [6, 6.07) is 0. The molecule has 0 bridgehead atoms. The molecule has 0 aromatic rings. The monoisotopic (exact) mass is 173 g/mol. The first-order chi connectivity index (χ1) is 4.99. The van der Waals surface area contributed by atoms with Crippen molar-refractivity contribution in [3.8, 4) is 0 Å².